The lowest BCUT2D eigenvalue weighted by Crippen LogP contribution is -2.19. The van der Waals surface area contributed by atoms with Crippen LogP contribution >= 0.6 is 23.2 Å². The Morgan fingerprint density at radius 1 is 1.08 bits per heavy atom. The third kappa shape index (κ3) is 3.46. The van der Waals surface area contributed by atoms with E-state index in [1.54, 1.807) is 22.8 Å². The molecule has 0 radical (unpaired) electrons. The second kappa shape index (κ2) is 7.38. The third-order valence-corrected chi connectivity index (χ3v) is 4.76. The van der Waals surface area contributed by atoms with Gasteiger partial charge in [-0.15, -0.1) is 0 Å². The van der Waals surface area contributed by atoms with Crippen LogP contribution in [-0.4, -0.2) is 23.1 Å². The number of aromatic nitrogens is 2. The van der Waals surface area contributed by atoms with Gasteiger partial charge < -0.3 is 4.90 Å². The van der Waals surface area contributed by atoms with Gasteiger partial charge in [-0.25, -0.2) is 4.79 Å². The molecular formula is C19H19Cl2N3O. The van der Waals surface area contributed by atoms with Gasteiger partial charge in [0.1, 0.15) is 5.82 Å². The van der Waals surface area contributed by atoms with Crippen LogP contribution in [0.3, 0.4) is 0 Å². The standard InChI is InChI=1S/C19H19Cl2N3O/c1-3-11-23(2)18-17(13-7-5-4-6-8-13)24(19(25)22-18)14-9-10-15(20)16(21)12-14/h4-10,12H,3,11H2,1-2H3,(H,22,25). The third-order valence-electron chi connectivity index (χ3n) is 4.03. The van der Waals surface area contributed by atoms with Crippen LogP contribution in [0.4, 0.5) is 5.82 Å². The highest BCUT2D eigenvalue weighted by Crippen LogP contribution is 2.32. The second-order valence-corrected chi connectivity index (χ2v) is 6.66. The topological polar surface area (TPSA) is 41.0 Å². The zero-order valence-electron chi connectivity index (χ0n) is 14.1. The maximum Gasteiger partial charge on any atom is 0.332 e. The summed E-state index contributed by atoms with van der Waals surface area (Å²) in [6.45, 7) is 2.94. The Kier molecular flexibility index (Phi) is 5.21. The molecule has 0 spiro atoms. The fraction of sp³-hybridized carbons (Fsp3) is 0.211. The smallest absolute Gasteiger partial charge is 0.332 e. The maximum absolute atomic E-state index is 12.7. The predicted octanol–water partition coefficient (Wildman–Crippen LogP) is 4.99. The van der Waals surface area contributed by atoms with Crippen molar-refractivity contribution in [3.8, 4) is 16.9 Å². The summed E-state index contributed by atoms with van der Waals surface area (Å²) in [6, 6.07) is 15.0. The van der Waals surface area contributed by atoms with E-state index in [0.717, 1.165) is 30.0 Å². The summed E-state index contributed by atoms with van der Waals surface area (Å²) in [5.41, 5.74) is 2.21. The van der Waals surface area contributed by atoms with Crippen molar-refractivity contribution in [2.24, 2.45) is 0 Å². The van der Waals surface area contributed by atoms with Gasteiger partial charge in [0.15, 0.2) is 0 Å². The molecule has 0 saturated carbocycles. The lowest BCUT2D eigenvalue weighted by molar-refractivity contribution is 0.841. The zero-order chi connectivity index (χ0) is 18.0. The van der Waals surface area contributed by atoms with Crippen LogP contribution in [0, 0.1) is 0 Å². The lowest BCUT2D eigenvalue weighted by atomic mass is 10.1. The van der Waals surface area contributed by atoms with Crippen molar-refractivity contribution in [3.63, 3.8) is 0 Å². The molecule has 0 fully saturated rings. The fourth-order valence-electron chi connectivity index (χ4n) is 2.88. The van der Waals surface area contributed by atoms with Crippen molar-refractivity contribution < 1.29 is 0 Å². The van der Waals surface area contributed by atoms with Crippen molar-refractivity contribution in [2.75, 3.05) is 18.5 Å². The molecule has 25 heavy (non-hydrogen) atoms. The van der Waals surface area contributed by atoms with Gasteiger partial charge >= 0.3 is 5.69 Å². The first-order chi connectivity index (χ1) is 12.0. The molecule has 0 atom stereocenters. The van der Waals surface area contributed by atoms with Crippen molar-refractivity contribution in [2.45, 2.75) is 13.3 Å². The molecule has 1 heterocycles. The number of hydrogen-bond acceptors (Lipinski definition) is 2. The Balaban J connectivity index is 2.27. The minimum absolute atomic E-state index is 0.213. The summed E-state index contributed by atoms with van der Waals surface area (Å²) < 4.78 is 1.64. The highest BCUT2D eigenvalue weighted by atomic mass is 35.5. The van der Waals surface area contributed by atoms with E-state index in [0.29, 0.717) is 15.7 Å². The van der Waals surface area contributed by atoms with Gasteiger partial charge in [-0.2, -0.15) is 0 Å². The number of halogens is 2. The number of rotatable bonds is 5. The summed E-state index contributed by atoms with van der Waals surface area (Å²) >= 11 is 12.2. The van der Waals surface area contributed by atoms with E-state index >= 15 is 0 Å². The minimum atomic E-state index is -0.213. The van der Waals surface area contributed by atoms with Crippen LogP contribution < -0.4 is 10.6 Å². The highest BCUT2D eigenvalue weighted by Gasteiger charge is 2.20. The molecule has 0 aliphatic carbocycles. The molecule has 3 aromatic rings. The molecule has 0 saturated heterocycles. The van der Waals surface area contributed by atoms with E-state index in [2.05, 4.69) is 16.8 Å². The van der Waals surface area contributed by atoms with E-state index in [4.69, 9.17) is 23.2 Å². The Labute approximate surface area is 156 Å². The van der Waals surface area contributed by atoms with Gasteiger partial charge in [-0.05, 0) is 24.6 Å². The molecule has 0 aliphatic rings. The first kappa shape index (κ1) is 17.6. The van der Waals surface area contributed by atoms with Crippen molar-refractivity contribution in [3.05, 3.63) is 69.1 Å². The molecule has 6 heteroatoms. The number of H-pyrrole nitrogens is 1. The van der Waals surface area contributed by atoms with Gasteiger partial charge in [0.25, 0.3) is 0 Å². The molecule has 130 valence electrons. The quantitative estimate of drug-likeness (QED) is 0.682. The Morgan fingerprint density at radius 3 is 2.44 bits per heavy atom. The normalized spacial score (nSPS) is 10.9. The maximum atomic E-state index is 12.7. The number of nitrogens with zero attached hydrogens (tertiary/aromatic N) is 2. The monoisotopic (exact) mass is 375 g/mol. The summed E-state index contributed by atoms with van der Waals surface area (Å²) in [4.78, 5) is 17.8. The van der Waals surface area contributed by atoms with Crippen LogP contribution in [-0.2, 0) is 0 Å². The SMILES string of the molecule is CCCN(C)c1[nH]c(=O)n(-c2ccc(Cl)c(Cl)c2)c1-c1ccccc1. The number of benzene rings is 2. The molecule has 1 N–H and O–H groups in total. The fourth-order valence-corrected chi connectivity index (χ4v) is 3.17. The number of aromatic amines is 1. The van der Waals surface area contributed by atoms with E-state index < -0.39 is 0 Å². The molecule has 3 rings (SSSR count). The van der Waals surface area contributed by atoms with Gasteiger partial charge in [-0.3, -0.25) is 9.55 Å². The average Bonchev–Trinajstić information content (AvgIpc) is 2.96. The molecule has 0 bridgehead atoms. The van der Waals surface area contributed by atoms with Crippen LogP contribution in [0.2, 0.25) is 10.0 Å². The Morgan fingerprint density at radius 2 is 1.80 bits per heavy atom. The van der Waals surface area contributed by atoms with Crippen LogP contribution in [0.1, 0.15) is 13.3 Å². The zero-order valence-corrected chi connectivity index (χ0v) is 15.6. The number of anilines is 1. The van der Waals surface area contributed by atoms with Crippen LogP contribution in [0.15, 0.2) is 53.3 Å². The van der Waals surface area contributed by atoms with Crippen LogP contribution in [0.25, 0.3) is 16.9 Å². The second-order valence-electron chi connectivity index (χ2n) is 5.85. The van der Waals surface area contributed by atoms with Crippen molar-refractivity contribution in [1.29, 1.82) is 0 Å². The number of nitrogens with one attached hydrogen (secondary N) is 1. The molecule has 1 aromatic heterocycles. The van der Waals surface area contributed by atoms with E-state index in [-0.39, 0.29) is 5.69 Å². The molecule has 0 amide bonds. The van der Waals surface area contributed by atoms with Crippen molar-refractivity contribution in [1.82, 2.24) is 9.55 Å². The Hall–Kier alpha value is -2.17. The van der Waals surface area contributed by atoms with Gasteiger partial charge in [0.2, 0.25) is 0 Å². The van der Waals surface area contributed by atoms with E-state index in [1.807, 2.05) is 37.4 Å². The van der Waals surface area contributed by atoms with Gasteiger partial charge in [0.05, 0.1) is 21.4 Å². The minimum Gasteiger partial charge on any atom is -0.359 e. The largest absolute Gasteiger partial charge is 0.359 e. The molecule has 0 aliphatic heterocycles. The molecule has 2 aromatic carbocycles. The number of imidazole rings is 1. The van der Waals surface area contributed by atoms with E-state index in [1.165, 1.54) is 0 Å². The average molecular weight is 376 g/mol. The summed E-state index contributed by atoms with van der Waals surface area (Å²) in [6.07, 6.45) is 0.977. The summed E-state index contributed by atoms with van der Waals surface area (Å²) in [5, 5.41) is 0.869. The molecule has 0 unspecified atom stereocenters. The van der Waals surface area contributed by atoms with Gasteiger partial charge in [0, 0.05) is 19.2 Å². The summed E-state index contributed by atoms with van der Waals surface area (Å²) in [5.74, 6) is 0.782. The van der Waals surface area contributed by atoms with Gasteiger partial charge in [-0.1, -0.05) is 60.5 Å². The van der Waals surface area contributed by atoms with Crippen molar-refractivity contribution >= 4 is 29.0 Å². The first-order valence-corrected chi connectivity index (χ1v) is 8.85. The lowest BCUT2D eigenvalue weighted by Gasteiger charge is -2.19. The molecular weight excluding hydrogens is 357 g/mol. The summed E-state index contributed by atoms with van der Waals surface area (Å²) in [7, 11) is 1.97. The van der Waals surface area contributed by atoms with E-state index in [9.17, 15) is 4.79 Å². The first-order valence-electron chi connectivity index (χ1n) is 8.10. The predicted molar refractivity (Wildman–Crippen MR) is 105 cm³/mol. The Bertz CT molecular complexity index is 932. The number of hydrogen-bond donors (Lipinski definition) is 1. The van der Waals surface area contributed by atoms with Crippen LogP contribution in [0.5, 0.6) is 0 Å². The molecule has 4 nitrogen and oxygen atoms in total. The highest BCUT2D eigenvalue weighted by molar-refractivity contribution is 6.42.